The van der Waals surface area contributed by atoms with E-state index in [1.165, 1.54) is 17.6 Å². The Bertz CT molecular complexity index is 823. The Balaban J connectivity index is 0.00000280. The van der Waals surface area contributed by atoms with Crippen molar-refractivity contribution in [2.45, 2.75) is 13.8 Å². The highest BCUT2D eigenvalue weighted by Gasteiger charge is 2.27. The summed E-state index contributed by atoms with van der Waals surface area (Å²) in [6.45, 7) is 8.16. The van der Waals surface area contributed by atoms with Gasteiger partial charge >= 0.3 is 0 Å². The summed E-state index contributed by atoms with van der Waals surface area (Å²) in [6.07, 6.45) is 1.39. The summed E-state index contributed by atoms with van der Waals surface area (Å²) in [7, 11) is 1.62. The molecule has 9 heteroatoms. The summed E-state index contributed by atoms with van der Waals surface area (Å²) < 4.78 is 17.2. The van der Waals surface area contributed by atoms with Crippen LogP contribution in [0.5, 0.6) is 5.75 Å². The number of ether oxygens (including phenoxy) is 3. The standard InChI is InChI=1S/C19H25N3O4S.ClH/c1-4-21(5-2)9-10-22(18(23)15-13-25-11-12-26-15)19-20-17-14(24-3)7-6-8-16(17)27-19;/h6-8,13H,4-5,9-12H2,1-3H3;1H. The first-order chi connectivity index (χ1) is 13.2. The van der Waals surface area contributed by atoms with E-state index in [-0.39, 0.29) is 24.1 Å². The molecular formula is C19H26ClN3O4S. The van der Waals surface area contributed by atoms with E-state index in [4.69, 9.17) is 14.2 Å². The number of amides is 1. The van der Waals surface area contributed by atoms with Crippen molar-refractivity contribution >= 4 is 45.0 Å². The van der Waals surface area contributed by atoms with E-state index in [0.717, 1.165) is 29.9 Å². The molecule has 0 fully saturated rings. The Hall–Kier alpha value is -2.03. The fraction of sp³-hybridized carbons (Fsp3) is 0.474. The molecule has 1 aromatic heterocycles. The summed E-state index contributed by atoms with van der Waals surface area (Å²) in [5.74, 6) is 0.675. The molecule has 2 aromatic rings. The van der Waals surface area contributed by atoms with Crippen LogP contribution in [0.4, 0.5) is 5.13 Å². The molecule has 1 amide bonds. The maximum Gasteiger partial charge on any atom is 0.298 e. The largest absolute Gasteiger partial charge is 0.494 e. The Morgan fingerprint density at radius 1 is 1.25 bits per heavy atom. The third-order valence-electron chi connectivity index (χ3n) is 4.46. The number of thiazole rings is 1. The summed E-state index contributed by atoms with van der Waals surface area (Å²) >= 11 is 1.47. The van der Waals surface area contributed by atoms with Crippen molar-refractivity contribution in [3.05, 3.63) is 30.2 Å². The Labute approximate surface area is 175 Å². The molecule has 1 aliphatic rings. The lowest BCUT2D eigenvalue weighted by molar-refractivity contribution is -0.119. The average Bonchev–Trinajstić information content (AvgIpc) is 3.15. The number of halogens is 1. The molecule has 2 heterocycles. The highest BCUT2D eigenvalue weighted by atomic mass is 35.5. The number of carbonyl (C=O) groups excluding carboxylic acids is 1. The van der Waals surface area contributed by atoms with E-state index in [2.05, 4.69) is 23.7 Å². The van der Waals surface area contributed by atoms with Gasteiger partial charge in [-0.05, 0) is 25.2 Å². The average molecular weight is 428 g/mol. The molecule has 0 N–H and O–H groups in total. The molecule has 154 valence electrons. The minimum atomic E-state index is -0.236. The van der Waals surface area contributed by atoms with Crippen LogP contribution in [-0.4, -0.2) is 62.3 Å². The zero-order valence-corrected chi connectivity index (χ0v) is 18.0. The van der Waals surface area contributed by atoms with Gasteiger partial charge in [0.2, 0.25) is 5.76 Å². The number of aromatic nitrogens is 1. The molecule has 0 bridgehead atoms. The number of para-hydroxylation sites is 1. The summed E-state index contributed by atoms with van der Waals surface area (Å²) in [6, 6.07) is 5.77. The number of methoxy groups -OCH3 is 1. The zero-order chi connectivity index (χ0) is 19.2. The lowest BCUT2D eigenvalue weighted by Gasteiger charge is -2.26. The molecule has 3 rings (SSSR count). The van der Waals surface area contributed by atoms with Gasteiger partial charge in [-0.1, -0.05) is 31.3 Å². The van der Waals surface area contributed by atoms with Crippen LogP contribution in [0, 0.1) is 0 Å². The maximum atomic E-state index is 13.1. The number of rotatable bonds is 8. The minimum absolute atomic E-state index is 0. The van der Waals surface area contributed by atoms with Crippen LogP contribution >= 0.6 is 23.7 Å². The fourth-order valence-electron chi connectivity index (χ4n) is 2.87. The van der Waals surface area contributed by atoms with Crippen molar-refractivity contribution in [3.8, 4) is 5.75 Å². The lowest BCUT2D eigenvalue weighted by atomic mass is 10.3. The number of hydrogen-bond acceptors (Lipinski definition) is 7. The highest BCUT2D eigenvalue weighted by molar-refractivity contribution is 7.22. The third-order valence-corrected chi connectivity index (χ3v) is 5.50. The summed E-state index contributed by atoms with van der Waals surface area (Å²) in [4.78, 5) is 21.7. The van der Waals surface area contributed by atoms with Crippen LogP contribution < -0.4 is 9.64 Å². The van der Waals surface area contributed by atoms with Gasteiger partial charge < -0.3 is 19.1 Å². The molecule has 1 aliphatic heterocycles. The van der Waals surface area contributed by atoms with E-state index in [9.17, 15) is 4.79 Å². The second-order valence-corrected chi connectivity index (χ2v) is 7.00. The number of fused-ring (bicyclic) bond motifs is 1. The van der Waals surface area contributed by atoms with E-state index >= 15 is 0 Å². The van der Waals surface area contributed by atoms with Gasteiger partial charge in [-0.3, -0.25) is 9.69 Å². The predicted molar refractivity (Wildman–Crippen MR) is 114 cm³/mol. The molecule has 0 saturated heterocycles. The van der Waals surface area contributed by atoms with E-state index in [1.54, 1.807) is 12.0 Å². The summed E-state index contributed by atoms with van der Waals surface area (Å²) in [5.41, 5.74) is 0.760. The van der Waals surface area contributed by atoms with Crippen LogP contribution in [0.2, 0.25) is 0 Å². The Morgan fingerprint density at radius 2 is 2.04 bits per heavy atom. The van der Waals surface area contributed by atoms with Crippen LogP contribution in [0.15, 0.2) is 30.2 Å². The van der Waals surface area contributed by atoms with E-state index in [1.807, 2.05) is 18.2 Å². The van der Waals surface area contributed by atoms with Gasteiger partial charge in [-0.2, -0.15) is 0 Å². The molecule has 0 radical (unpaired) electrons. The first-order valence-corrected chi connectivity index (χ1v) is 9.91. The maximum absolute atomic E-state index is 13.1. The van der Waals surface area contributed by atoms with Gasteiger partial charge in [-0.25, -0.2) is 4.98 Å². The number of benzene rings is 1. The number of anilines is 1. The van der Waals surface area contributed by atoms with Crippen LogP contribution in [-0.2, 0) is 14.3 Å². The van der Waals surface area contributed by atoms with Crippen molar-refractivity contribution in [1.82, 2.24) is 9.88 Å². The highest BCUT2D eigenvalue weighted by Crippen LogP contribution is 2.34. The third kappa shape index (κ3) is 4.87. The topological polar surface area (TPSA) is 64.1 Å². The second kappa shape index (κ2) is 10.5. The Kier molecular flexibility index (Phi) is 8.35. The van der Waals surface area contributed by atoms with Gasteiger partial charge in [-0.15, -0.1) is 12.4 Å². The van der Waals surface area contributed by atoms with Crippen molar-refractivity contribution in [2.24, 2.45) is 0 Å². The molecule has 7 nitrogen and oxygen atoms in total. The van der Waals surface area contributed by atoms with Crippen molar-refractivity contribution in [3.63, 3.8) is 0 Å². The number of hydrogen-bond donors (Lipinski definition) is 0. The predicted octanol–water partition coefficient (Wildman–Crippen LogP) is 3.29. The molecule has 0 unspecified atom stereocenters. The first-order valence-electron chi connectivity index (χ1n) is 9.10. The normalized spacial score (nSPS) is 13.4. The van der Waals surface area contributed by atoms with E-state index in [0.29, 0.717) is 30.6 Å². The minimum Gasteiger partial charge on any atom is -0.494 e. The monoisotopic (exact) mass is 427 g/mol. The fourth-order valence-corrected chi connectivity index (χ4v) is 3.88. The zero-order valence-electron chi connectivity index (χ0n) is 16.3. The second-order valence-electron chi connectivity index (χ2n) is 5.99. The quantitative estimate of drug-likeness (QED) is 0.644. The number of carbonyl (C=O) groups is 1. The molecule has 0 aliphatic carbocycles. The molecule has 28 heavy (non-hydrogen) atoms. The van der Waals surface area contributed by atoms with Crippen LogP contribution in [0.1, 0.15) is 13.8 Å². The first kappa shape index (κ1) is 22.3. The van der Waals surface area contributed by atoms with Gasteiger partial charge in [0, 0.05) is 13.1 Å². The molecule has 1 aromatic carbocycles. The molecular weight excluding hydrogens is 402 g/mol. The van der Waals surface area contributed by atoms with Crippen molar-refractivity contribution in [1.29, 1.82) is 0 Å². The van der Waals surface area contributed by atoms with Crippen molar-refractivity contribution in [2.75, 3.05) is 51.4 Å². The van der Waals surface area contributed by atoms with E-state index < -0.39 is 0 Å². The van der Waals surface area contributed by atoms with Gasteiger partial charge in [0.05, 0.1) is 11.8 Å². The van der Waals surface area contributed by atoms with Gasteiger partial charge in [0.25, 0.3) is 5.91 Å². The van der Waals surface area contributed by atoms with Crippen LogP contribution in [0.3, 0.4) is 0 Å². The molecule has 0 saturated carbocycles. The molecule has 0 atom stereocenters. The van der Waals surface area contributed by atoms with Crippen molar-refractivity contribution < 1.29 is 19.0 Å². The number of likely N-dealkylation sites (N-methyl/N-ethyl adjacent to an activating group) is 1. The van der Waals surface area contributed by atoms with Gasteiger partial charge in [0.1, 0.15) is 30.7 Å². The number of nitrogens with zero attached hydrogens (tertiary/aromatic N) is 3. The molecule has 0 spiro atoms. The smallest absolute Gasteiger partial charge is 0.298 e. The van der Waals surface area contributed by atoms with Gasteiger partial charge in [0.15, 0.2) is 5.13 Å². The Morgan fingerprint density at radius 3 is 2.68 bits per heavy atom. The van der Waals surface area contributed by atoms with Crippen LogP contribution in [0.25, 0.3) is 10.2 Å². The SMILES string of the molecule is CCN(CC)CCN(C(=O)C1=COCCO1)c1nc2c(OC)cccc2s1.Cl. The lowest BCUT2D eigenvalue weighted by Crippen LogP contribution is -2.40. The summed E-state index contributed by atoms with van der Waals surface area (Å²) in [5, 5.41) is 0.627.